The summed E-state index contributed by atoms with van der Waals surface area (Å²) in [5.41, 5.74) is 2.67. The Balaban J connectivity index is 1.59. The molecule has 174 valence electrons. The Morgan fingerprint density at radius 2 is 1.82 bits per heavy atom. The van der Waals surface area contributed by atoms with Gasteiger partial charge in [-0.3, -0.25) is 14.4 Å². The number of nitrogens with zero attached hydrogens (tertiary/aromatic N) is 1. The fraction of sp³-hybridized carbons (Fsp3) is 0.370. The minimum atomic E-state index is -0.653. The summed E-state index contributed by atoms with van der Waals surface area (Å²) in [5.74, 6) is -0.390. The number of aryl methyl sites for hydroxylation is 2. The maximum atomic E-state index is 12.9. The van der Waals surface area contributed by atoms with Crippen LogP contribution >= 0.6 is 0 Å². The molecule has 1 saturated heterocycles. The number of amides is 3. The molecule has 1 fully saturated rings. The van der Waals surface area contributed by atoms with Crippen molar-refractivity contribution in [3.8, 4) is 0 Å². The molecule has 6 heteroatoms. The zero-order valence-electron chi connectivity index (χ0n) is 19.3. The Kier molecular flexibility index (Phi) is 8.81. The molecule has 0 unspecified atom stereocenters. The lowest BCUT2D eigenvalue weighted by atomic mass is 9.88. The minimum absolute atomic E-state index is 0.0400. The van der Waals surface area contributed by atoms with Gasteiger partial charge in [0.05, 0.1) is 0 Å². The molecule has 0 spiro atoms. The zero-order chi connectivity index (χ0) is 23.6. The maximum Gasteiger partial charge on any atom is 0.251 e. The molecule has 33 heavy (non-hydrogen) atoms. The molecular weight excluding hydrogens is 414 g/mol. The number of hydrogen-bond donors (Lipinski definition) is 2. The summed E-state index contributed by atoms with van der Waals surface area (Å²) >= 11 is 0. The third kappa shape index (κ3) is 7.04. The fourth-order valence-electron chi connectivity index (χ4n) is 4.23. The number of hydrogen-bond acceptors (Lipinski definition) is 3. The Labute approximate surface area is 196 Å². The largest absolute Gasteiger partial charge is 0.351 e. The van der Waals surface area contributed by atoms with Crippen LogP contribution in [0, 0.1) is 12.8 Å². The molecular formula is C27H33N3O3. The van der Waals surface area contributed by atoms with Crippen molar-refractivity contribution in [3.63, 3.8) is 0 Å². The van der Waals surface area contributed by atoms with Crippen molar-refractivity contribution in [1.82, 2.24) is 15.5 Å². The van der Waals surface area contributed by atoms with Crippen LogP contribution in [0.4, 0.5) is 0 Å². The first-order valence-electron chi connectivity index (χ1n) is 11.6. The molecule has 0 aliphatic carbocycles. The number of likely N-dealkylation sites (tertiary alicyclic amines) is 1. The Bertz CT molecular complexity index is 966. The van der Waals surface area contributed by atoms with Crippen molar-refractivity contribution in [2.75, 3.05) is 19.6 Å². The smallest absolute Gasteiger partial charge is 0.251 e. The van der Waals surface area contributed by atoms with Gasteiger partial charge in [-0.1, -0.05) is 54.1 Å². The van der Waals surface area contributed by atoms with Gasteiger partial charge in [-0.2, -0.15) is 0 Å². The minimum Gasteiger partial charge on any atom is -0.351 e. The average molecular weight is 448 g/mol. The van der Waals surface area contributed by atoms with Gasteiger partial charge in [0.25, 0.3) is 5.91 Å². The first kappa shape index (κ1) is 24.2. The van der Waals surface area contributed by atoms with Crippen molar-refractivity contribution >= 4 is 17.7 Å². The summed E-state index contributed by atoms with van der Waals surface area (Å²) in [6.45, 7) is 7.09. The number of benzene rings is 2. The van der Waals surface area contributed by atoms with E-state index in [0.717, 1.165) is 17.5 Å². The van der Waals surface area contributed by atoms with Gasteiger partial charge in [0.1, 0.15) is 6.04 Å². The van der Waals surface area contributed by atoms with Crippen molar-refractivity contribution < 1.29 is 14.4 Å². The molecule has 3 amide bonds. The molecule has 1 aliphatic rings. The topological polar surface area (TPSA) is 78.5 Å². The summed E-state index contributed by atoms with van der Waals surface area (Å²) in [6, 6.07) is 16.6. The van der Waals surface area contributed by atoms with Crippen LogP contribution in [0.1, 0.15) is 40.7 Å². The van der Waals surface area contributed by atoms with Gasteiger partial charge in [0.2, 0.25) is 11.8 Å². The van der Waals surface area contributed by atoms with Crippen molar-refractivity contribution in [1.29, 1.82) is 0 Å². The van der Waals surface area contributed by atoms with Crippen LogP contribution in [0.2, 0.25) is 0 Å². The van der Waals surface area contributed by atoms with E-state index in [-0.39, 0.29) is 23.6 Å². The lowest BCUT2D eigenvalue weighted by molar-refractivity contribution is -0.133. The van der Waals surface area contributed by atoms with Crippen LogP contribution in [-0.2, 0) is 16.0 Å². The zero-order valence-corrected chi connectivity index (χ0v) is 19.3. The van der Waals surface area contributed by atoms with E-state index in [9.17, 15) is 14.4 Å². The van der Waals surface area contributed by atoms with Crippen LogP contribution in [0.15, 0.2) is 67.3 Å². The predicted octanol–water partition coefficient (Wildman–Crippen LogP) is 3.27. The maximum absolute atomic E-state index is 12.9. The Morgan fingerprint density at radius 1 is 1.09 bits per heavy atom. The van der Waals surface area contributed by atoms with Gasteiger partial charge in [-0.25, -0.2) is 0 Å². The van der Waals surface area contributed by atoms with Gasteiger partial charge in [-0.15, -0.1) is 6.58 Å². The molecule has 0 saturated carbocycles. The normalized spacial score (nSPS) is 14.9. The SMILES string of the molecule is C=CCNC(=O)[C@H](NC(=O)c1cccc(C)c1)C1CCN(C(=O)CCc2ccccc2)CC1. The molecule has 6 nitrogen and oxygen atoms in total. The quantitative estimate of drug-likeness (QED) is 0.579. The lowest BCUT2D eigenvalue weighted by Crippen LogP contribution is -2.53. The van der Waals surface area contributed by atoms with Crippen LogP contribution < -0.4 is 10.6 Å². The molecule has 1 heterocycles. The molecule has 2 aromatic carbocycles. The van der Waals surface area contributed by atoms with Crippen molar-refractivity contribution in [2.24, 2.45) is 5.92 Å². The average Bonchev–Trinajstić information content (AvgIpc) is 2.85. The van der Waals surface area contributed by atoms with E-state index in [1.807, 2.05) is 60.4 Å². The van der Waals surface area contributed by atoms with Gasteiger partial charge in [-0.05, 0) is 49.8 Å². The van der Waals surface area contributed by atoms with E-state index in [4.69, 9.17) is 0 Å². The summed E-state index contributed by atoms with van der Waals surface area (Å²) in [4.78, 5) is 40.3. The Morgan fingerprint density at radius 3 is 2.48 bits per heavy atom. The van der Waals surface area contributed by atoms with Crippen LogP contribution in [0.5, 0.6) is 0 Å². The number of carbonyl (C=O) groups excluding carboxylic acids is 3. The van der Waals surface area contributed by atoms with E-state index < -0.39 is 6.04 Å². The molecule has 1 atom stereocenters. The number of nitrogens with one attached hydrogen (secondary N) is 2. The monoisotopic (exact) mass is 447 g/mol. The van der Waals surface area contributed by atoms with E-state index in [1.165, 1.54) is 0 Å². The Hall–Kier alpha value is -3.41. The highest BCUT2D eigenvalue weighted by atomic mass is 16.2. The lowest BCUT2D eigenvalue weighted by Gasteiger charge is -2.36. The summed E-state index contributed by atoms with van der Waals surface area (Å²) in [7, 11) is 0. The molecule has 0 bridgehead atoms. The third-order valence-corrected chi connectivity index (χ3v) is 6.10. The highest BCUT2D eigenvalue weighted by molar-refractivity contribution is 5.97. The van der Waals surface area contributed by atoms with E-state index in [1.54, 1.807) is 12.1 Å². The van der Waals surface area contributed by atoms with Gasteiger partial charge in [0.15, 0.2) is 0 Å². The fourth-order valence-corrected chi connectivity index (χ4v) is 4.23. The molecule has 0 aromatic heterocycles. The molecule has 0 radical (unpaired) electrons. The van der Waals surface area contributed by atoms with Crippen LogP contribution in [0.25, 0.3) is 0 Å². The van der Waals surface area contributed by atoms with Gasteiger partial charge >= 0.3 is 0 Å². The first-order chi connectivity index (χ1) is 16.0. The number of carbonyl (C=O) groups is 3. The van der Waals surface area contributed by atoms with Crippen molar-refractivity contribution in [3.05, 3.63) is 83.9 Å². The summed E-state index contributed by atoms with van der Waals surface area (Å²) in [5, 5.41) is 5.76. The predicted molar refractivity (Wildman–Crippen MR) is 130 cm³/mol. The highest BCUT2D eigenvalue weighted by Crippen LogP contribution is 2.22. The third-order valence-electron chi connectivity index (χ3n) is 6.10. The summed E-state index contributed by atoms with van der Waals surface area (Å²) in [6.07, 6.45) is 4.14. The molecule has 2 aromatic rings. The standard InChI is InChI=1S/C27H33N3O3/c1-3-16-28-27(33)25(29-26(32)23-11-7-8-20(2)19-23)22-14-17-30(18-15-22)24(31)13-12-21-9-5-4-6-10-21/h3-11,19,22,25H,1,12-18H2,2H3,(H,28,33)(H,29,32)/t25-/m1/s1. The molecule has 1 aliphatic heterocycles. The second-order valence-corrected chi connectivity index (χ2v) is 8.56. The summed E-state index contributed by atoms with van der Waals surface area (Å²) < 4.78 is 0. The van der Waals surface area contributed by atoms with E-state index in [0.29, 0.717) is 44.5 Å². The van der Waals surface area contributed by atoms with Crippen LogP contribution in [0.3, 0.4) is 0 Å². The van der Waals surface area contributed by atoms with Crippen molar-refractivity contribution in [2.45, 2.75) is 38.6 Å². The highest BCUT2D eigenvalue weighted by Gasteiger charge is 2.33. The second kappa shape index (κ2) is 12.0. The van der Waals surface area contributed by atoms with Crippen LogP contribution in [-0.4, -0.2) is 48.3 Å². The number of piperidine rings is 1. The van der Waals surface area contributed by atoms with E-state index in [2.05, 4.69) is 17.2 Å². The molecule has 2 N–H and O–H groups in total. The first-order valence-corrected chi connectivity index (χ1v) is 11.6. The number of rotatable bonds is 9. The van der Waals surface area contributed by atoms with Gasteiger partial charge < -0.3 is 15.5 Å². The van der Waals surface area contributed by atoms with Gasteiger partial charge in [0, 0.05) is 31.6 Å². The van der Waals surface area contributed by atoms with E-state index >= 15 is 0 Å². The second-order valence-electron chi connectivity index (χ2n) is 8.56. The molecule has 3 rings (SSSR count).